The maximum Gasteiger partial charge on any atom is 0.269 e. The number of para-hydroxylation sites is 2. The Morgan fingerprint density at radius 3 is 2.68 bits per heavy atom. The number of aliphatic imine (C=N–C) groups is 1. The molecule has 2 aliphatic rings. The Balaban J connectivity index is 1.29. The van der Waals surface area contributed by atoms with Gasteiger partial charge in [-0.25, -0.2) is 0 Å². The molecule has 0 radical (unpaired) electrons. The summed E-state index contributed by atoms with van der Waals surface area (Å²) >= 11 is 0. The number of hydrogen-bond donors (Lipinski definition) is 2. The van der Waals surface area contributed by atoms with Crippen LogP contribution in [0.25, 0.3) is 10.9 Å². The maximum absolute atomic E-state index is 13.4. The zero-order chi connectivity index (χ0) is 25.7. The van der Waals surface area contributed by atoms with Crippen molar-refractivity contribution in [3.8, 4) is 0 Å². The van der Waals surface area contributed by atoms with E-state index in [2.05, 4.69) is 39.5 Å². The van der Waals surface area contributed by atoms with Gasteiger partial charge in [0.2, 0.25) is 0 Å². The van der Waals surface area contributed by atoms with Crippen LogP contribution in [0.1, 0.15) is 40.9 Å². The smallest absolute Gasteiger partial charge is 0.269 e. The van der Waals surface area contributed by atoms with Crippen LogP contribution in [0.5, 0.6) is 0 Å². The largest absolute Gasteiger partial charge is 0.365 e. The molecule has 2 atom stereocenters. The summed E-state index contributed by atoms with van der Waals surface area (Å²) in [6, 6.07) is 28.2. The van der Waals surface area contributed by atoms with Crippen molar-refractivity contribution in [2.24, 2.45) is 4.99 Å². The van der Waals surface area contributed by atoms with Crippen LogP contribution in [0.4, 0.5) is 5.69 Å². The summed E-state index contributed by atoms with van der Waals surface area (Å²) in [5.74, 6) is -0.180. The van der Waals surface area contributed by atoms with Crippen molar-refractivity contribution in [2.75, 3.05) is 31.2 Å². The lowest BCUT2D eigenvalue weighted by Gasteiger charge is -2.29. The van der Waals surface area contributed by atoms with Gasteiger partial charge in [-0.05, 0) is 37.5 Å². The number of nitrogens with one attached hydrogen (secondary N) is 2. The highest BCUT2D eigenvalue weighted by Gasteiger charge is 2.26. The molecule has 194 valence electrons. The van der Waals surface area contributed by atoms with E-state index in [4.69, 9.17) is 14.5 Å². The summed E-state index contributed by atoms with van der Waals surface area (Å²) < 4.78 is 11.8. The lowest BCUT2D eigenvalue weighted by Crippen LogP contribution is -2.43. The highest BCUT2D eigenvalue weighted by atomic mass is 16.7. The van der Waals surface area contributed by atoms with Crippen LogP contribution in [-0.2, 0) is 9.47 Å². The molecule has 3 aromatic carbocycles. The number of anilines is 1. The molecule has 1 amide bonds. The lowest BCUT2D eigenvalue weighted by atomic mass is 10.0. The fourth-order valence-corrected chi connectivity index (χ4v) is 5.20. The second kappa shape index (κ2) is 11.2. The predicted octanol–water partition coefficient (Wildman–Crippen LogP) is 5.12. The predicted molar refractivity (Wildman–Crippen MR) is 150 cm³/mol. The van der Waals surface area contributed by atoms with Gasteiger partial charge in [0.05, 0.1) is 18.9 Å². The van der Waals surface area contributed by atoms with E-state index in [9.17, 15) is 4.79 Å². The van der Waals surface area contributed by atoms with Gasteiger partial charge in [-0.3, -0.25) is 9.79 Å². The Morgan fingerprint density at radius 1 is 1.03 bits per heavy atom. The van der Waals surface area contributed by atoms with Crippen molar-refractivity contribution >= 4 is 28.2 Å². The van der Waals surface area contributed by atoms with Gasteiger partial charge in [0, 0.05) is 40.9 Å². The summed E-state index contributed by atoms with van der Waals surface area (Å²) in [7, 11) is 0. The summed E-state index contributed by atoms with van der Waals surface area (Å²) in [5.41, 5.74) is 5.44. The Labute approximate surface area is 222 Å². The van der Waals surface area contributed by atoms with Gasteiger partial charge in [0.1, 0.15) is 11.9 Å². The van der Waals surface area contributed by atoms with Crippen molar-refractivity contribution < 1.29 is 14.3 Å². The van der Waals surface area contributed by atoms with Crippen LogP contribution in [0.15, 0.2) is 89.9 Å². The minimum atomic E-state index is -0.456. The number of nitrogens with zero attached hydrogens (tertiary/aromatic N) is 2. The standard InChI is InChI=1S/C31H32N4O3/c36-31(26-20-23-12-4-6-14-25(23)32-26)34-28-21-35(17-19-38-29-16-8-9-18-37-29)27-15-7-5-13-24(27)30(33-28)22-10-2-1-3-11-22/h1-7,10-15,20,28-29,32H,8-9,16-19,21H2,(H,34,36). The average molecular weight is 509 g/mol. The van der Waals surface area contributed by atoms with E-state index in [1.54, 1.807) is 0 Å². The van der Waals surface area contributed by atoms with Gasteiger partial charge < -0.3 is 24.7 Å². The molecule has 3 heterocycles. The fourth-order valence-electron chi connectivity index (χ4n) is 5.20. The van der Waals surface area contributed by atoms with Crippen LogP contribution in [0, 0.1) is 0 Å². The first kappa shape index (κ1) is 24.4. The molecular formula is C31H32N4O3. The first-order valence-electron chi connectivity index (χ1n) is 13.3. The Bertz CT molecular complexity index is 1390. The van der Waals surface area contributed by atoms with Gasteiger partial charge in [0.25, 0.3) is 5.91 Å². The topological polar surface area (TPSA) is 79.0 Å². The molecule has 7 nitrogen and oxygen atoms in total. The first-order chi connectivity index (χ1) is 18.7. The third-order valence-electron chi connectivity index (χ3n) is 7.10. The van der Waals surface area contributed by atoms with Gasteiger partial charge in [0.15, 0.2) is 6.29 Å². The molecule has 0 spiro atoms. The average Bonchev–Trinajstić information content (AvgIpc) is 3.34. The van der Waals surface area contributed by atoms with E-state index in [0.717, 1.165) is 59.3 Å². The first-order valence-corrected chi connectivity index (χ1v) is 13.3. The van der Waals surface area contributed by atoms with Crippen LogP contribution in [-0.4, -0.2) is 55.4 Å². The fraction of sp³-hybridized carbons (Fsp3) is 0.290. The van der Waals surface area contributed by atoms with E-state index in [-0.39, 0.29) is 12.2 Å². The molecular weight excluding hydrogens is 476 g/mol. The molecule has 38 heavy (non-hydrogen) atoms. The van der Waals surface area contributed by atoms with Gasteiger partial charge in [-0.1, -0.05) is 66.7 Å². The monoisotopic (exact) mass is 508 g/mol. The van der Waals surface area contributed by atoms with Crippen LogP contribution >= 0.6 is 0 Å². The van der Waals surface area contributed by atoms with Crippen LogP contribution < -0.4 is 10.2 Å². The second-order valence-corrected chi connectivity index (χ2v) is 9.73. The summed E-state index contributed by atoms with van der Waals surface area (Å²) in [4.78, 5) is 24.0. The number of hydrogen-bond acceptors (Lipinski definition) is 5. The molecule has 1 fully saturated rings. The Kier molecular flexibility index (Phi) is 7.20. The third-order valence-corrected chi connectivity index (χ3v) is 7.10. The van der Waals surface area contributed by atoms with E-state index in [1.807, 2.05) is 60.7 Å². The number of ether oxygens (including phenoxy) is 2. The molecule has 0 saturated carbocycles. The second-order valence-electron chi connectivity index (χ2n) is 9.73. The summed E-state index contributed by atoms with van der Waals surface area (Å²) in [5, 5.41) is 4.18. The van der Waals surface area contributed by atoms with Crippen molar-refractivity contribution in [1.29, 1.82) is 0 Å². The maximum atomic E-state index is 13.4. The SMILES string of the molecule is O=C(NC1CN(CCOC2CCCCO2)c2ccccc2C(c2ccccc2)=N1)c1cc2ccccc2[nH]1. The van der Waals surface area contributed by atoms with Crippen molar-refractivity contribution in [3.05, 3.63) is 102 Å². The van der Waals surface area contributed by atoms with E-state index in [1.165, 1.54) is 0 Å². The Morgan fingerprint density at radius 2 is 1.84 bits per heavy atom. The van der Waals surface area contributed by atoms with Gasteiger partial charge in [-0.15, -0.1) is 0 Å². The zero-order valence-electron chi connectivity index (χ0n) is 21.3. The molecule has 1 saturated heterocycles. The molecule has 2 N–H and O–H groups in total. The van der Waals surface area contributed by atoms with Gasteiger partial charge in [-0.2, -0.15) is 0 Å². The molecule has 6 rings (SSSR count). The summed E-state index contributed by atoms with van der Waals surface area (Å²) in [6.45, 7) is 2.47. The lowest BCUT2D eigenvalue weighted by molar-refractivity contribution is -0.160. The molecule has 1 aromatic heterocycles. The van der Waals surface area contributed by atoms with E-state index in [0.29, 0.717) is 25.4 Å². The van der Waals surface area contributed by atoms with Crippen molar-refractivity contribution in [2.45, 2.75) is 31.7 Å². The zero-order valence-corrected chi connectivity index (χ0v) is 21.3. The molecule has 2 aliphatic heterocycles. The minimum absolute atomic E-state index is 0.139. The van der Waals surface area contributed by atoms with E-state index >= 15 is 0 Å². The number of benzene rings is 3. The highest BCUT2D eigenvalue weighted by Crippen LogP contribution is 2.28. The minimum Gasteiger partial charge on any atom is -0.365 e. The molecule has 0 aliphatic carbocycles. The quantitative estimate of drug-likeness (QED) is 0.363. The molecule has 2 unspecified atom stereocenters. The highest BCUT2D eigenvalue weighted by molar-refractivity contribution is 6.16. The number of rotatable bonds is 7. The molecule has 0 bridgehead atoms. The van der Waals surface area contributed by atoms with Gasteiger partial charge >= 0.3 is 0 Å². The van der Waals surface area contributed by atoms with E-state index < -0.39 is 6.17 Å². The number of aromatic amines is 1. The van der Waals surface area contributed by atoms with Crippen molar-refractivity contribution in [1.82, 2.24) is 10.3 Å². The van der Waals surface area contributed by atoms with Crippen molar-refractivity contribution in [3.63, 3.8) is 0 Å². The number of H-pyrrole nitrogens is 1. The third kappa shape index (κ3) is 5.35. The van der Waals surface area contributed by atoms with Crippen LogP contribution in [0.2, 0.25) is 0 Å². The normalized spacial score (nSPS) is 19.5. The number of benzodiazepines with no additional fused rings is 1. The Hall–Kier alpha value is -3.94. The molecule has 4 aromatic rings. The van der Waals surface area contributed by atoms with Crippen LogP contribution in [0.3, 0.4) is 0 Å². The molecule has 7 heteroatoms. The number of carbonyl (C=O) groups is 1. The number of fused-ring (bicyclic) bond motifs is 2. The number of aromatic nitrogens is 1. The number of carbonyl (C=O) groups excluding carboxylic acids is 1. The summed E-state index contributed by atoms with van der Waals surface area (Å²) in [6.07, 6.45) is 2.56. The number of amides is 1.